The third-order valence-corrected chi connectivity index (χ3v) is 11.7. The normalized spacial score (nSPS) is 13.0. The SMILES string of the molecule is CCCCOC(=O)/C(C)=C/c1cccc(C(C)(CCSCCSCCO)c2nc(-c3cc(Oc4c(F)cc5[nH]ccc5c4Br)ccc3F)n(C)n2)c1. The molecular formula is C39H43BrF2N4O4S2. The molecule has 2 aromatic heterocycles. The molecule has 8 nitrogen and oxygen atoms in total. The Labute approximate surface area is 319 Å². The minimum atomic E-state index is -0.689. The molecule has 0 aliphatic rings. The maximum atomic E-state index is 15.6. The molecule has 0 bridgehead atoms. The van der Waals surface area contributed by atoms with Crippen molar-refractivity contribution in [1.29, 1.82) is 0 Å². The summed E-state index contributed by atoms with van der Waals surface area (Å²) < 4.78 is 44.0. The third kappa shape index (κ3) is 9.47. The van der Waals surface area contributed by atoms with Crippen LogP contribution in [0.2, 0.25) is 0 Å². The number of H-pyrrole nitrogens is 1. The lowest BCUT2D eigenvalue weighted by atomic mass is 9.78. The Morgan fingerprint density at radius 3 is 2.63 bits per heavy atom. The molecule has 5 rings (SSSR count). The lowest BCUT2D eigenvalue weighted by Gasteiger charge is -2.27. The molecule has 0 spiro atoms. The van der Waals surface area contributed by atoms with Crippen molar-refractivity contribution in [1.82, 2.24) is 19.7 Å². The Kier molecular flexibility index (Phi) is 14.0. The minimum Gasteiger partial charge on any atom is -0.462 e. The summed E-state index contributed by atoms with van der Waals surface area (Å²) in [5.41, 5.74) is 2.37. The second kappa shape index (κ2) is 18.4. The number of carbonyl (C=O) groups excluding carboxylic acids is 1. The summed E-state index contributed by atoms with van der Waals surface area (Å²) in [6.45, 7) is 6.42. The van der Waals surface area contributed by atoms with E-state index in [1.54, 1.807) is 36.6 Å². The lowest BCUT2D eigenvalue weighted by Crippen LogP contribution is -2.27. The van der Waals surface area contributed by atoms with Gasteiger partial charge in [-0.05, 0) is 89.8 Å². The maximum Gasteiger partial charge on any atom is 0.333 e. The average molecular weight is 814 g/mol. The number of aliphatic hydroxyl groups is 1. The number of hydrogen-bond donors (Lipinski definition) is 2. The molecular weight excluding hydrogens is 770 g/mol. The molecule has 0 amide bonds. The Morgan fingerprint density at radius 1 is 1.08 bits per heavy atom. The van der Waals surface area contributed by atoms with Crippen molar-refractivity contribution in [2.75, 3.05) is 36.2 Å². The summed E-state index contributed by atoms with van der Waals surface area (Å²) in [6.07, 6.45) is 5.96. The highest BCUT2D eigenvalue weighted by molar-refractivity contribution is 9.10. The molecule has 2 heterocycles. The van der Waals surface area contributed by atoms with E-state index in [0.29, 0.717) is 46.0 Å². The number of unbranched alkanes of at least 4 members (excludes halogenated alkanes) is 1. The van der Waals surface area contributed by atoms with Crippen LogP contribution in [0.25, 0.3) is 28.4 Å². The molecule has 0 radical (unpaired) electrons. The lowest BCUT2D eigenvalue weighted by molar-refractivity contribution is -0.138. The van der Waals surface area contributed by atoms with Crippen LogP contribution in [0.1, 0.15) is 57.0 Å². The number of aromatic nitrogens is 4. The van der Waals surface area contributed by atoms with Gasteiger partial charge in [-0.2, -0.15) is 28.6 Å². The van der Waals surface area contributed by atoms with Gasteiger partial charge in [0.1, 0.15) is 11.6 Å². The van der Waals surface area contributed by atoms with Gasteiger partial charge in [-0.25, -0.2) is 23.2 Å². The molecule has 0 aliphatic heterocycles. The number of aromatic amines is 1. The smallest absolute Gasteiger partial charge is 0.333 e. The van der Waals surface area contributed by atoms with Crippen LogP contribution < -0.4 is 4.74 Å². The van der Waals surface area contributed by atoms with E-state index in [-0.39, 0.29) is 29.6 Å². The minimum absolute atomic E-state index is 0.0125. The van der Waals surface area contributed by atoms with Gasteiger partial charge in [-0.3, -0.25) is 0 Å². The van der Waals surface area contributed by atoms with Crippen molar-refractivity contribution in [3.63, 3.8) is 0 Å². The number of fused-ring (bicyclic) bond motifs is 1. The summed E-state index contributed by atoms with van der Waals surface area (Å²) in [7, 11) is 1.72. The van der Waals surface area contributed by atoms with Crippen LogP contribution in [0.4, 0.5) is 8.78 Å². The number of nitrogens with zero attached hydrogens (tertiary/aromatic N) is 3. The quantitative estimate of drug-likeness (QED) is 0.0513. The van der Waals surface area contributed by atoms with Crippen molar-refractivity contribution in [3.05, 3.63) is 99.4 Å². The zero-order valence-electron chi connectivity index (χ0n) is 29.7. The fourth-order valence-electron chi connectivity index (χ4n) is 5.67. The number of ether oxygens (including phenoxy) is 2. The molecule has 1 unspecified atom stereocenters. The predicted octanol–water partition coefficient (Wildman–Crippen LogP) is 9.70. The molecule has 5 aromatic rings. The third-order valence-electron chi connectivity index (χ3n) is 8.67. The topological polar surface area (TPSA) is 102 Å². The van der Waals surface area contributed by atoms with E-state index in [4.69, 9.17) is 24.7 Å². The molecule has 0 aliphatic carbocycles. The maximum absolute atomic E-state index is 15.6. The van der Waals surface area contributed by atoms with Crippen LogP contribution in [-0.4, -0.2) is 67.0 Å². The van der Waals surface area contributed by atoms with Crippen molar-refractivity contribution in [2.24, 2.45) is 7.05 Å². The standard InChI is InChI=1S/C39H43BrF2N4O4S2/c1-5-6-16-49-37(48)25(2)21-26-8-7-9-27(22-26)39(3,13-17-51-19-20-52-18-15-47)38-44-36(46(4)45-38)30-23-28(10-11-31(30)41)50-35-32(42)24-33-29(34(35)40)12-14-43-33/h7-12,14,21-24,43,47H,5-6,13,15-20H2,1-4H3/b25-21+. The molecule has 3 aromatic carbocycles. The first-order chi connectivity index (χ1) is 25.0. The van der Waals surface area contributed by atoms with Crippen LogP contribution in [0.15, 0.2) is 70.8 Å². The number of halogens is 3. The Balaban J connectivity index is 1.47. The summed E-state index contributed by atoms with van der Waals surface area (Å²) >= 11 is 6.99. The van der Waals surface area contributed by atoms with Gasteiger partial charge in [0, 0.05) is 53.0 Å². The molecule has 276 valence electrons. The van der Waals surface area contributed by atoms with E-state index >= 15 is 8.78 Å². The fraction of sp³-hybridized carbons (Fsp3) is 0.359. The van der Waals surface area contributed by atoms with Crippen LogP contribution >= 0.6 is 39.5 Å². The van der Waals surface area contributed by atoms with Gasteiger partial charge < -0.3 is 19.6 Å². The van der Waals surface area contributed by atoms with Gasteiger partial charge in [-0.15, -0.1) is 0 Å². The highest BCUT2D eigenvalue weighted by atomic mass is 79.9. The van der Waals surface area contributed by atoms with Gasteiger partial charge in [0.2, 0.25) is 0 Å². The van der Waals surface area contributed by atoms with E-state index in [1.165, 1.54) is 24.3 Å². The predicted molar refractivity (Wildman–Crippen MR) is 211 cm³/mol. The molecule has 0 saturated carbocycles. The van der Waals surface area contributed by atoms with Crippen molar-refractivity contribution in [3.8, 4) is 22.9 Å². The Morgan fingerprint density at radius 2 is 1.87 bits per heavy atom. The highest BCUT2D eigenvalue weighted by Crippen LogP contribution is 2.40. The first kappa shape index (κ1) is 39.6. The van der Waals surface area contributed by atoms with Gasteiger partial charge in [0.05, 0.1) is 28.7 Å². The largest absolute Gasteiger partial charge is 0.462 e. The first-order valence-corrected chi connectivity index (χ1v) is 20.2. The van der Waals surface area contributed by atoms with Crippen LogP contribution in [0.3, 0.4) is 0 Å². The van der Waals surface area contributed by atoms with Gasteiger partial charge in [0.15, 0.2) is 23.2 Å². The van der Waals surface area contributed by atoms with E-state index < -0.39 is 17.0 Å². The zero-order chi connectivity index (χ0) is 37.3. The van der Waals surface area contributed by atoms with E-state index in [9.17, 15) is 4.79 Å². The highest BCUT2D eigenvalue weighted by Gasteiger charge is 2.34. The first-order valence-electron chi connectivity index (χ1n) is 17.1. The number of esters is 1. The summed E-state index contributed by atoms with van der Waals surface area (Å²) in [4.78, 5) is 20.5. The number of hydrogen-bond acceptors (Lipinski definition) is 8. The van der Waals surface area contributed by atoms with Crippen molar-refractivity contribution >= 4 is 62.4 Å². The number of rotatable bonds is 18. The molecule has 0 saturated heterocycles. The summed E-state index contributed by atoms with van der Waals surface area (Å²) in [5.74, 6) is 2.94. The average Bonchev–Trinajstić information content (AvgIpc) is 3.77. The summed E-state index contributed by atoms with van der Waals surface area (Å²) in [5, 5.41) is 14.7. The van der Waals surface area contributed by atoms with Crippen LogP contribution in [0, 0.1) is 11.6 Å². The van der Waals surface area contributed by atoms with Crippen LogP contribution in [0.5, 0.6) is 11.5 Å². The number of thioether (sulfide) groups is 2. The molecule has 2 N–H and O–H groups in total. The molecule has 13 heteroatoms. The zero-order valence-corrected chi connectivity index (χ0v) is 32.9. The van der Waals surface area contributed by atoms with E-state index in [2.05, 4.69) is 27.8 Å². The number of carbonyl (C=O) groups is 1. The van der Waals surface area contributed by atoms with Crippen LogP contribution in [-0.2, 0) is 22.0 Å². The Bertz CT molecular complexity index is 2030. The number of aliphatic hydroxyl groups excluding tert-OH is 1. The number of benzene rings is 3. The number of aryl methyl sites for hydroxylation is 1. The van der Waals surface area contributed by atoms with Gasteiger partial charge >= 0.3 is 5.97 Å². The summed E-state index contributed by atoms with van der Waals surface area (Å²) in [6, 6.07) is 15.3. The van der Waals surface area contributed by atoms with Gasteiger partial charge in [-0.1, -0.05) is 37.6 Å². The monoisotopic (exact) mass is 812 g/mol. The molecule has 0 fully saturated rings. The second-order valence-electron chi connectivity index (χ2n) is 12.5. The van der Waals surface area contributed by atoms with Crippen molar-refractivity contribution < 1.29 is 28.2 Å². The van der Waals surface area contributed by atoms with E-state index in [0.717, 1.165) is 46.6 Å². The van der Waals surface area contributed by atoms with Gasteiger partial charge in [0.25, 0.3) is 0 Å². The van der Waals surface area contributed by atoms with Crippen molar-refractivity contribution in [2.45, 2.75) is 45.4 Å². The fourth-order valence-corrected chi connectivity index (χ4v) is 8.32. The Hall–Kier alpha value is -3.65. The van der Waals surface area contributed by atoms with E-state index in [1.807, 2.05) is 55.1 Å². The molecule has 1 atom stereocenters. The second-order valence-corrected chi connectivity index (χ2v) is 15.8. The molecule has 52 heavy (non-hydrogen) atoms. The number of nitrogens with one attached hydrogen (secondary N) is 1.